The lowest BCUT2D eigenvalue weighted by atomic mass is 9.72. The van der Waals surface area contributed by atoms with Crippen molar-refractivity contribution in [1.82, 2.24) is 14.8 Å². The van der Waals surface area contributed by atoms with Crippen LogP contribution in [0.4, 0.5) is 5.00 Å². The highest BCUT2D eigenvalue weighted by Gasteiger charge is 2.32. The Morgan fingerprint density at radius 2 is 2.06 bits per heavy atom. The van der Waals surface area contributed by atoms with Gasteiger partial charge in [-0.25, -0.2) is 0 Å². The van der Waals surface area contributed by atoms with E-state index in [1.54, 1.807) is 11.3 Å². The molecule has 0 saturated carbocycles. The fraction of sp³-hybridized carbons (Fsp3) is 0.440. The molecule has 2 aromatic heterocycles. The largest absolute Gasteiger partial charge is 0.316 e. The molecule has 1 amide bonds. The maximum absolute atomic E-state index is 12.7. The van der Waals surface area contributed by atoms with Crippen LogP contribution >= 0.6 is 23.1 Å². The van der Waals surface area contributed by atoms with E-state index >= 15 is 0 Å². The number of hydrogen-bond acceptors (Lipinski definition) is 6. The minimum absolute atomic E-state index is 0.130. The second-order valence-electron chi connectivity index (χ2n) is 9.58. The van der Waals surface area contributed by atoms with Crippen molar-refractivity contribution < 1.29 is 4.79 Å². The summed E-state index contributed by atoms with van der Waals surface area (Å²) in [6.07, 6.45) is 3.66. The number of aromatic nitrogens is 3. The molecule has 0 bridgehead atoms. The van der Waals surface area contributed by atoms with Crippen LogP contribution in [0, 0.1) is 22.7 Å². The summed E-state index contributed by atoms with van der Waals surface area (Å²) in [6, 6.07) is 12.5. The lowest BCUT2D eigenvalue weighted by Crippen LogP contribution is -2.26. The van der Waals surface area contributed by atoms with Gasteiger partial charge >= 0.3 is 0 Å². The highest BCUT2D eigenvalue weighted by molar-refractivity contribution is 7.99. The van der Waals surface area contributed by atoms with Gasteiger partial charge in [0.15, 0.2) is 5.16 Å². The van der Waals surface area contributed by atoms with Gasteiger partial charge in [-0.3, -0.25) is 4.79 Å². The number of hydrogen-bond donors (Lipinski definition) is 1. The van der Waals surface area contributed by atoms with Gasteiger partial charge in [0.1, 0.15) is 16.9 Å². The Hall–Kier alpha value is -2.63. The number of anilines is 1. The Balaban J connectivity index is 1.39. The summed E-state index contributed by atoms with van der Waals surface area (Å²) >= 11 is 2.92. The van der Waals surface area contributed by atoms with E-state index in [1.807, 2.05) is 29.8 Å². The topological polar surface area (TPSA) is 83.6 Å². The molecule has 0 spiro atoms. The quantitative estimate of drug-likeness (QED) is 0.490. The Bertz CT molecular complexity index is 1180. The summed E-state index contributed by atoms with van der Waals surface area (Å²) in [4.78, 5) is 14.0. The van der Waals surface area contributed by atoms with E-state index in [1.165, 1.54) is 22.2 Å². The molecule has 3 aromatic rings. The van der Waals surface area contributed by atoms with Gasteiger partial charge < -0.3 is 9.88 Å². The van der Waals surface area contributed by atoms with Crippen LogP contribution in [-0.4, -0.2) is 26.4 Å². The van der Waals surface area contributed by atoms with Gasteiger partial charge in [0, 0.05) is 18.3 Å². The fourth-order valence-corrected chi connectivity index (χ4v) is 6.25. The van der Waals surface area contributed by atoms with Crippen LogP contribution in [0.3, 0.4) is 0 Å². The number of nitriles is 1. The Labute approximate surface area is 203 Å². The summed E-state index contributed by atoms with van der Waals surface area (Å²) in [5.74, 6) is 1.54. The molecule has 2 heterocycles. The number of fused-ring (bicyclic) bond motifs is 1. The van der Waals surface area contributed by atoms with Gasteiger partial charge in [0.05, 0.1) is 11.3 Å². The minimum Gasteiger partial charge on any atom is -0.316 e. The molecule has 0 saturated heterocycles. The molecular formula is C25H29N5OS2. The number of thiophene rings is 1. The first-order chi connectivity index (χ1) is 15.8. The van der Waals surface area contributed by atoms with Crippen molar-refractivity contribution in [3.05, 3.63) is 57.7 Å². The molecule has 1 aliphatic rings. The number of amides is 1. The first-order valence-electron chi connectivity index (χ1n) is 11.2. The second kappa shape index (κ2) is 9.70. The molecule has 1 unspecified atom stereocenters. The first kappa shape index (κ1) is 23.5. The predicted molar refractivity (Wildman–Crippen MR) is 134 cm³/mol. The summed E-state index contributed by atoms with van der Waals surface area (Å²) < 4.78 is 1.93. The number of rotatable bonds is 6. The second-order valence-corrected chi connectivity index (χ2v) is 11.6. The third kappa shape index (κ3) is 5.31. The Morgan fingerprint density at radius 3 is 2.76 bits per heavy atom. The number of nitrogens with zero attached hydrogens (tertiary/aromatic N) is 4. The van der Waals surface area contributed by atoms with Gasteiger partial charge in [0.2, 0.25) is 5.91 Å². The number of benzene rings is 1. The van der Waals surface area contributed by atoms with Crippen molar-refractivity contribution in [2.45, 2.75) is 51.6 Å². The predicted octanol–water partition coefficient (Wildman–Crippen LogP) is 5.22. The maximum Gasteiger partial charge on any atom is 0.235 e. The number of carbonyl (C=O) groups is 1. The van der Waals surface area contributed by atoms with Crippen molar-refractivity contribution in [2.24, 2.45) is 18.4 Å². The molecule has 1 aromatic carbocycles. The maximum atomic E-state index is 12.7. The SMILES string of the molecule is Cn1c(Cc2ccccc2)nnc1SCC(=O)Nc1sc2c(c1C#N)CCC(C(C)(C)C)C2. The molecule has 0 aliphatic heterocycles. The van der Waals surface area contributed by atoms with Gasteiger partial charge in [-0.1, -0.05) is 62.9 Å². The zero-order valence-electron chi connectivity index (χ0n) is 19.5. The molecule has 172 valence electrons. The zero-order valence-corrected chi connectivity index (χ0v) is 21.1. The van der Waals surface area contributed by atoms with Crippen LogP contribution in [0.1, 0.15) is 54.6 Å². The Kier molecular flexibility index (Phi) is 6.91. The van der Waals surface area contributed by atoms with E-state index in [-0.39, 0.29) is 17.1 Å². The molecule has 8 heteroatoms. The van der Waals surface area contributed by atoms with Crippen LogP contribution in [-0.2, 0) is 31.1 Å². The molecule has 1 atom stereocenters. The van der Waals surface area contributed by atoms with E-state index in [0.29, 0.717) is 28.1 Å². The lowest BCUT2D eigenvalue weighted by molar-refractivity contribution is -0.113. The van der Waals surface area contributed by atoms with Crippen LogP contribution in [0.25, 0.3) is 0 Å². The summed E-state index contributed by atoms with van der Waals surface area (Å²) in [7, 11) is 1.92. The third-order valence-electron chi connectivity index (χ3n) is 6.32. The zero-order chi connectivity index (χ0) is 23.6. The molecular weight excluding hydrogens is 450 g/mol. The monoisotopic (exact) mass is 479 g/mol. The number of thioether (sulfide) groups is 1. The standard InChI is InChI=1S/C25H29N5OS2/c1-25(2,3)17-10-11-18-19(14-26)23(33-20(18)13-17)27-22(31)15-32-24-29-28-21(30(24)4)12-16-8-6-5-7-9-16/h5-9,17H,10-13,15H2,1-4H3,(H,27,31). The van der Waals surface area contributed by atoms with Crippen molar-refractivity contribution in [3.8, 4) is 6.07 Å². The third-order valence-corrected chi connectivity index (χ3v) is 8.51. The summed E-state index contributed by atoms with van der Waals surface area (Å²) in [5.41, 5.74) is 3.18. The van der Waals surface area contributed by atoms with Crippen molar-refractivity contribution in [2.75, 3.05) is 11.1 Å². The fourth-order valence-electron chi connectivity index (χ4n) is 4.23. The average Bonchev–Trinajstić information content (AvgIpc) is 3.31. The molecule has 0 radical (unpaired) electrons. The normalized spacial score (nSPS) is 15.7. The van der Waals surface area contributed by atoms with Gasteiger partial charge in [-0.05, 0) is 41.7 Å². The van der Waals surface area contributed by atoms with Crippen molar-refractivity contribution in [1.29, 1.82) is 5.26 Å². The van der Waals surface area contributed by atoms with E-state index < -0.39 is 0 Å². The number of nitrogens with one attached hydrogen (secondary N) is 1. The van der Waals surface area contributed by atoms with Crippen LogP contribution in [0.15, 0.2) is 35.5 Å². The smallest absolute Gasteiger partial charge is 0.235 e. The molecule has 0 fully saturated rings. The first-order valence-corrected chi connectivity index (χ1v) is 13.0. The van der Waals surface area contributed by atoms with E-state index in [9.17, 15) is 10.1 Å². The molecule has 1 N–H and O–H groups in total. The van der Waals surface area contributed by atoms with Gasteiger partial charge in [-0.15, -0.1) is 21.5 Å². The van der Waals surface area contributed by atoms with Gasteiger partial charge in [-0.2, -0.15) is 5.26 Å². The minimum atomic E-state index is -0.130. The number of carbonyl (C=O) groups excluding carboxylic acids is 1. The summed E-state index contributed by atoms with van der Waals surface area (Å²) in [6.45, 7) is 6.83. The van der Waals surface area contributed by atoms with Crippen LogP contribution in [0.2, 0.25) is 0 Å². The average molecular weight is 480 g/mol. The van der Waals surface area contributed by atoms with Crippen molar-refractivity contribution >= 4 is 34.0 Å². The molecule has 4 rings (SSSR count). The van der Waals surface area contributed by atoms with E-state index in [2.05, 4.69) is 54.5 Å². The van der Waals surface area contributed by atoms with Crippen LogP contribution in [0.5, 0.6) is 0 Å². The summed E-state index contributed by atoms with van der Waals surface area (Å²) in [5, 5.41) is 22.7. The Morgan fingerprint density at radius 1 is 1.30 bits per heavy atom. The van der Waals surface area contributed by atoms with Gasteiger partial charge in [0.25, 0.3) is 0 Å². The highest BCUT2D eigenvalue weighted by atomic mass is 32.2. The van der Waals surface area contributed by atoms with E-state index in [4.69, 9.17) is 0 Å². The molecule has 6 nitrogen and oxygen atoms in total. The highest BCUT2D eigenvalue weighted by Crippen LogP contribution is 2.44. The van der Waals surface area contributed by atoms with Crippen LogP contribution < -0.4 is 5.32 Å². The van der Waals surface area contributed by atoms with E-state index in [0.717, 1.165) is 30.7 Å². The van der Waals surface area contributed by atoms with Crippen molar-refractivity contribution in [3.63, 3.8) is 0 Å². The molecule has 33 heavy (non-hydrogen) atoms. The molecule has 1 aliphatic carbocycles. The lowest BCUT2D eigenvalue weighted by Gasteiger charge is -2.33.